The van der Waals surface area contributed by atoms with E-state index in [0.717, 1.165) is 32.1 Å². The van der Waals surface area contributed by atoms with Gasteiger partial charge in [-0.25, -0.2) is 4.68 Å². The molecule has 0 bridgehead atoms. The predicted octanol–water partition coefficient (Wildman–Crippen LogP) is 1.12. The fraction of sp³-hybridized carbons (Fsp3) is 0.606. The van der Waals surface area contributed by atoms with Crippen molar-refractivity contribution in [1.29, 1.82) is 0 Å². The number of H-pyrrole nitrogens is 1. The van der Waals surface area contributed by atoms with Gasteiger partial charge in [0, 0.05) is 18.5 Å². The molecular formula is C33H44N10O6S. The number of nitrogens with two attached hydrogens (primary N) is 1. The van der Waals surface area contributed by atoms with Crippen molar-refractivity contribution in [3.05, 3.63) is 35.7 Å². The number of benzene rings is 1. The normalized spacial score (nSPS) is 21.9. The Kier molecular flexibility index (Phi) is 10.3. The minimum absolute atomic E-state index is 0.0257. The molecule has 2 saturated heterocycles. The van der Waals surface area contributed by atoms with Gasteiger partial charge in [0.25, 0.3) is 11.8 Å². The van der Waals surface area contributed by atoms with Crippen LogP contribution in [0.25, 0.3) is 11.0 Å². The van der Waals surface area contributed by atoms with Gasteiger partial charge in [-0.1, -0.05) is 37.3 Å². The number of carbonyl (C=O) groups is 5. The summed E-state index contributed by atoms with van der Waals surface area (Å²) in [7, 11) is 0. The number of carbonyl (C=O) groups excluding carboxylic acids is 5. The summed E-state index contributed by atoms with van der Waals surface area (Å²) in [5, 5.41) is 35.6. The number of Topliss-reactive ketones (excluding diaryl/α,β-unsaturated/α-hetero) is 1. The van der Waals surface area contributed by atoms with E-state index in [2.05, 4.69) is 36.4 Å². The number of likely N-dealkylation sites (tertiary alicyclic amines) is 1. The van der Waals surface area contributed by atoms with E-state index in [1.807, 2.05) is 0 Å². The first kappa shape index (κ1) is 35.4. The first-order chi connectivity index (χ1) is 23.9. The van der Waals surface area contributed by atoms with Crippen LogP contribution in [0.1, 0.15) is 93.7 Å². The lowest BCUT2D eigenvalue weighted by Gasteiger charge is -2.37. The van der Waals surface area contributed by atoms with Crippen molar-refractivity contribution in [2.24, 2.45) is 11.7 Å². The van der Waals surface area contributed by atoms with E-state index in [1.54, 1.807) is 43.8 Å². The fourth-order valence-corrected chi connectivity index (χ4v) is 8.71. The molecule has 0 unspecified atom stereocenters. The molecule has 0 radical (unpaired) electrons. The Morgan fingerprint density at radius 2 is 1.82 bits per heavy atom. The molecule has 1 saturated carbocycles. The maximum absolute atomic E-state index is 14.7. The second kappa shape index (κ2) is 14.5. The fourth-order valence-electron chi connectivity index (χ4n) is 7.52. The molecule has 2 aromatic heterocycles. The molecule has 6 N–H and O–H groups in total. The number of thioether (sulfide) groups is 1. The number of hydrogen-bond donors (Lipinski definition) is 5. The summed E-state index contributed by atoms with van der Waals surface area (Å²) < 4.78 is 1.52. The zero-order valence-corrected chi connectivity index (χ0v) is 29.1. The van der Waals surface area contributed by atoms with Gasteiger partial charge in [0.2, 0.25) is 17.6 Å². The van der Waals surface area contributed by atoms with Crippen LogP contribution in [0.15, 0.2) is 24.4 Å². The lowest BCUT2D eigenvalue weighted by Crippen LogP contribution is -2.63. The highest BCUT2D eigenvalue weighted by atomic mass is 32.2. The number of primary amides is 1. The van der Waals surface area contributed by atoms with Gasteiger partial charge in [0.15, 0.2) is 0 Å². The third kappa shape index (κ3) is 7.38. The Bertz CT molecular complexity index is 1760. The predicted molar refractivity (Wildman–Crippen MR) is 182 cm³/mol. The molecule has 3 aromatic rings. The molecular weight excluding hydrogens is 664 g/mol. The van der Waals surface area contributed by atoms with Gasteiger partial charge in [-0.15, -0.1) is 5.10 Å². The van der Waals surface area contributed by atoms with Crippen LogP contribution >= 0.6 is 11.8 Å². The van der Waals surface area contributed by atoms with Crippen molar-refractivity contribution in [3.8, 4) is 0 Å². The average Bonchev–Trinajstić information content (AvgIpc) is 3.87. The number of aliphatic hydroxyl groups is 1. The second-order valence-electron chi connectivity index (χ2n) is 14.2. The van der Waals surface area contributed by atoms with Gasteiger partial charge in [-0.2, -0.15) is 27.2 Å². The van der Waals surface area contributed by atoms with Crippen molar-refractivity contribution in [3.63, 3.8) is 0 Å². The largest absolute Gasteiger partial charge is 0.384 e. The Hall–Kier alpha value is -4.38. The van der Waals surface area contributed by atoms with Crippen molar-refractivity contribution in [2.45, 2.75) is 101 Å². The molecule has 4 amide bonds. The number of aromatic nitrogens is 6. The van der Waals surface area contributed by atoms with E-state index >= 15 is 0 Å². The van der Waals surface area contributed by atoms with Crippen molar-refractivity contribution >= 4 is 52.2 Å². The average molecular weight is 709 g/mol. The Balaban J connectivity index is 1.33. The Morgan fingerprint density at radius 3 is 2.52 bits per heavy atom. The monoisotopic (exact) mass is 708 g/mol. The third-order valence-corrected chi connectivity index (χ3v) is 11.2. The molecule has 1 aromatic carbocycles. The van der Waals surface area contributed by atoms with E-state index in [-0.39, 0.29) is 31.7 Å². The molecule has 3 atom stereocenters. The molecule has 4 heterocycles. The molecule has 50 heavy (non-hydrogen) atoms. The van der Waals surface area contributed by atoms with Crippen LogP contribution in [0, 0.1) is 5.92 Å². The van der Waals surface area contributed by atoms with Crippen LogP contribution in [0.3, 0.4) is 0 Å². The summed E-state index contributed by atoms with van der Waals surface area (Å²) >= 11 is 1.61. The summed E-state index contributed by atoms with van der Waals surface area (Å²) in [5.41, 5.74) is 4.44. The maximum atomic E-state index is 14.7. The lowest BCUT2D eigenvalue weighted by atomic mass is 9.84. The van der Waals surface area contributed by atoms with E-state index in [4.69, 9.17) is 5.73 Å². The van der Waals surface area contributed by atoms with Gasteiger partial charge in [0.05, 0.1) is 17.9 Å². The maximum Gasteiger partial charge on any atom is 0.287 e. The molecule has 16 nitrogen and oxygen atoms in total. The zero-order valence-electron chi connectivity index (χ0n) is 28.3. The van der Waals surface area contributed by atoms with Crippen molar-refractivity contribution in [2.75, 3.05) is 18.1 Å². The summed E-state index contributed by atoms with van der Waals surface area (Å²) in [6.45, 7) is 3.21. The highest BCUT2D eigenvalue weighted by molar-refractivity contribution is 7.99. The number of amides is 4. The van der Waals surface area contributed by atoms with Crippen LogP contribution in [-0.2, 0) is 24.8 Å². The molecule has 17 heteroatoms. The first-order valence-electron chi connectivity index (χ1n) is 17.2. The van der Waals surface area contributed by atoms with E-state index < -0.39 is 58.7 Å². The number of nitrogens with one attached hydrogen (secondary N) is 3. The van der Waals surface area contributed by atoms with E-state index in [9.17, 15) is 29.1 Å². The summed E-state index contributed by atoms with van der Waals surface area (Å²) in [4.78, 5) is 69.5. The molecule has 2 aliphatic heterocycles. The minimum Gasteiger partial charge on any atom is -0.384 e. The van der Waals surface area contributed by atoms with Crippen LogP contribution in [-0.4, -0.2) is 105 Å². The SMILES string of the molecule is CC(C)(O)c1cnnn1[C@H]1C[C@@H](C(=O)NC2(C(=O)C(N)=O)CCSCC2)N(C(=O)[C@@H](CC2CCCCC2)NC(=O)c2ccc3n[nH]nc3c2)C1. The van der Waals surface area contributed by atoms with Crippen molar-refractivity contribution < 1.29 is 29.1 Å². The Labute approximate surface area is 293 Å². The molecule has 6 rings (SSSR count). The molecule has 268 valence electrons. The first-order valence-corrected chi connectivity index (χ1v) is 18.3. The highest BCUT2D eigenvalue weighted by Crippen LogP contribution is 2.35. The number of nitrogens with zero attached hydrogens (tertiary/aromatic N) is 6. The van der Waals surface area contributed by atoms with Gasteiger partial charge >= 0.3 is 0 Å². The van der Waals surface area contributed by atoms with Gasteiger partial charge in [-0.05, 0) is 68.7 Å². The number of aromatic amines is 1. The smallest absolute Gasteiger partial charge is 0.287 e. The summed E-state index contributed by atoms with van der Waals surface area (Å²) in [6, 6.07) is 2.26. The second-order valence-corrected chi connectivity index (χ2v) is 15.4. The number of fused-ring (bicyclic) bond motifs is 1. The quantitative estimate of drug-likeness (QED) is 0.177. The van der Waals surface area contributed by atoms with Crippen LogP contribution in [0.2, 0.25) is 0 Å². The van der Waals surface area contributed by atoms with Crippen LogP contribution in [0.5, 0.6) is 0 Å². The minimum atomic E-state index is -1.48. The Morgan fingerprint density at radius 1 is 1.10 bits per heavy atom. The molecule has 0 spiro atoms. The van der Waals surface area contributed by atoms with Crippen LogP contribution < -0.4 is 16.4 Å². The van der Waals surface area contributed by atoms with Crippen molar-refractivity contribution in [1.82, 2.24) is 45.9 Å². The molecule has 1 aliphatic carbocycles. The number of rotatable bonds is 11. The zero-order chi connectivity index (χ0) is 35.6. The van der Waals surface area contributed by atoms with E-state index in [0.29, 0.717) is 40.2 Å². The van der Waals surface area contributed by atoms with E-state index in [1.165, 1.54) is 15.8 Å². The number of hydrogen-bond acceptors (Lipinski definition) is 11. The third-order valence-electron chi connectivity index (χ3n) is 10.3. The topological polar surface area (TPSA) is 231 Å². The highest BCUT2D eigenvalue weighted by Gasteiger charge is 2.49. The van der Waals surface area contributed by atoms with Gasteiger partial charge in [0.1, 0.15) is 34.3 Å². The lowest BCUT2D eigenvalue weighted by molar-refractivity contribution is -0.145. The van der Waals surface area contributed by atoms with Gasteiger partial charge < -0.3 is 26.4 Å². The standard InChI is InChI=1S/C33H44N10O6S/c1-32(2,49)26-17-35-41-43(26)21-16-25(30(47)37-33(27(44)28(34)45)10-12-50-13-11-33)42(18-21)31(48)24(14-19-6-4-3-5-7-19)36-29(46)20-8-9-22-23(15-20)39-40-38-22/h8-9,15,17,19,21,24-25,49H,3-7,10-14,16,18H2,1-2H3,(H2,34,45)(H,36,46)(H,37,47)(H,38,39,40)/t21-,24+,25-/m0/s1. The number of ketones is 1. The molecule has 3 fully saturated rings. The van der Waals surface area contributed by atoms with Crippen LogP contribution in [0.4, 0.5) is 0 Å². The molecule has 3 aliphatic rings. The summed E-state index contributed by atoms with van der Waals surface area (Å²) in [5.74, 6) is -2.25. The summed E-state index contributed by atoms with van der Waals surface area (Å²) in [6.07, 6.45) is 7.35. The van der Waals surface area contributed by atoms with Gasteiger partial charge in [-0.3, -0.25) is 24.0 Å².